The minimum Gasteiger partial charge on any atom is -1.00 e. The molecule has 0 fully saturated rings. The fraction of sp³-hybridized carbons (Fsp3) is 0.750. The summed E-state index contributed by atoms with van der Waals surface area (Å²) in [6.45, 7) is 1.98. The zero-order valence-electron chi connectivity index (χ0n) is 9.12. The van der Waals surface area contributed by atoms with Gasteiger partial charge in [0.2, 0.25) is 0 Å². The number of hydrogen-bond donors (Lipinski definition) is 2. The van der Waals surface area contributed by atoms with E-state index in [2.05, 4.69) is 0 Å². The van der Waals surface area contributed by atoms with E-state index in [1.165, 1.54) is 0 Å². The average Bonchev–Trinajstić information content (AvgIpc) is 1.96. The Balaban J connectivity index is -0.000000605. The SMILES string of the molecule is CCCCCC(C(=O)O)C(=O)O.[H-].[Li+]. The maximum Gasteiger partial charge on any atom is 1.00 e. The van der Waals surface area contributed by atoms with E-state index in [0.717, 1.165) is 12.8 Å². The average molecular weight is 182 g/mol. The van der Waals surface area contributed by atoms with Crippen molar-refractivity contribution in [2.24, 2.45) is 5.92 Å². The van der Waals surface area contributed by atoms with Crippen LogP contribution in [0.3, 0.4) is 0 Å². The number of carboxylic acids is 2. The maximum absolute atomic E-state index is 10.4. The predicted molar refractivity (Wildman–Crippen MR) is 44.0 cm³/mol. The molecule has 0 spiro atoms. The molecule has 4 nitrogen and oxygen atoms in total. The smallest absolute Gasteiger partial charge is 1.00 e. The van der Waals surface area contributed by atoms with Crippen molar-refractivity contribution in [3.63, 3.8) is 0 Å². The molecule has 0 aromatic carbocycles. The second-order valence-corrected chi connectivity index (χ2v) is 2.72. The number of rotatable bonds is 6. The van der Waals surface area contributed by atoms with Gasteiger partial charge in [-0.15, -0.1) is 0 Å². The normalized spacial score (nSPS) is 9.38. The summed E-state index contributed by atoms with van der Waals surface area (Å²) in [5, 5.41) is 16.9. The molecule has 0 saturated heterocycles. The van der Waals surface area contributed by atoms with Gasteiger partial charge in [0.05, 0.1) is 0 Å². The number of aliphatic carboxylic acids is 2. The van der Waals surface area contributed by atoms with Gasteiger partial charge in [0.15, 0.2) is 5.92 Å². The number of carboxylic acid groups (broad SMARTS) is 2. The molecule has 0 aromatic rings. The third-order valence-electron chi connectivity index (χ3n) is 1.69. The van der Waals surface area contributed by atoms with Crippen LogP contribution in [0.2, 0.25) is 0 Å². The molecule has 0 aliphatic heterocycles. The van der Waals surface area contributed by atoms with Gasteiger partial charge in [-0.05, 0) is 6.42 Å². The molecule has 0 unspecified atom stereocenters. The third kappa shape index (κ3) is 6.68. The van der Waals surface area contributed by atoms with Gasteiger partial charge in [0, 0.05) is 0 Å². The van der Waals surface area contributed by atoms with Crippen molar-refractivity contribution in [1.82, 2.24) is 0 Å². The third-order valence-corrected chi connectivity index (χ3v) is 1.69. The van der Waals surface area contributed by atoms with Gasteiger partial charge in [-0.3, -0.25) is 9.59 Å². The monoisotopic (exact) mass is 182 g/mol. The van der Waals surface area contributed by atoms with E-state index in [9.17, 15) is 9.59 Å². The van der Waals surface area contributed by atoms with Gasteiger partial charge in [-0.25, -0.2) is 0 Å². The van der Waals surface area contributed by atoms with Gasteiger partial charge in [-0.1, -0.05) is 26.2 Å². The predicted octanol–water partition coefficient (Wildman–Crippen LogP) is -1.53. The van der Waals surface area contributed by atoms with E-state index in [1.807, 2.05) is 6.92 Å². The molecular formula is C8H15LiO4. The largest absolute Gasteiger partial charge is 1.00 e. The summed E-state index contributed by atoms with van der Waals surface area (Å²) in [5.74, 6) is -3.70. The summed E-state index contributed by atoms with van der Waals surface area (Å²) >= 11 is 0. The van der Waals surface area contributed by atoms with Crippen LogP contribution < -0.4 is 18.9 Å². The zero-order chi connectivity index (χ0) is 9.56. The van der Waals surface area contributed by atoms with Gasteiger partial charge in [-0.2, -0.15) is 0 Å². The molecule has 0 radical (unpaired) electrons. The molecule has 0 aliphatic rings. The van der Waals surface area contributed by atoms with E-state index in [1.54, 1.807) is 0 Å². The second kappa shape index (κ2) is 8.15. The second-order valence-electron chi connectivity index (χ2n) is 2.72. The van der Waals surface area contributed by atoms with Crippen molar-refractivity contribution in [3.05, 3.63) is 0 Å². The molecule has 72 valence electrons. The standard InChI is InChI=1S/C8H14O4.Li.H/c1-2-3-4-5-6(7(9)10)8(11)12;;/h6H,2-5H2,1H3,(H,9,10)(H,11,12);;/q;+1;-1. The van der Waals surface area contributed by atoms with Gasteiger partial charge in [0.25, 0.3) is 0 Å². The molecule has 2 N–H and O–H groups in total. The van der Waals surface area contributed by atoms with Gasteiger partial charge >= 0.3 is 30.8 Å². The molecule has 13 heavy (non-hydrogen) atoms. The molecule has 0 saturated carbocycles. The molecule has 0 atom stereocenters. The molecule has 0 aliphatic carbocycles. The van der Waals surface area contributed by atoms with Crippen LogP contribution in [-0.4, -0.2) is 22.2 Å². The van der Waals surface area contributed by atoms with Crippen molar-refractivity contribution in [1.29, 1.82) is 0 Å². The fourth-order valence-corrected chi connectivity index (χ4v) is 0.951. The summed E-state index contributed by atoms with van der Waals surface area (Å²) < 4.78 is 0. The Morgan fingerprint density at radius 2 is 1.69 bits per heavy atom. The van der Waals surface area contributed by atoms with Crippen molar-refractivity contribution in [2.75, 3.05) is 0 Å². The minimum absolute atomic E-state index is 0. The van der Waals surface area contributed by atoms with Crippen LogP contribution in [0.15, 0.2) is 0 Å². The summed E-state index contributed by atoms with van der Waals surface area (Å²) in [6, 6.07) is 0. The quantitative estimate of drug-likeness (QED) is 0.297. The Labute approximate surface area is 91.0 Å². The van der Waals surface area contributed by atoms with Crippen molar-refractivity contribution in [2.45, 2.75) is 32.6 Å². The Morgan fingerprint density at radius 3 is 2.00 bits per heavy atom. The summed E-state index contributed by atoms with van der Waals surface area (Å²) in [5.41, 5.74) is 0. The minimum atomic E-state index is -1.24. The zero-order valence-corrected chi connectivity index (χ0v) is 8.12. The van der Waals surface area contributed by atoms with Crippen LogP contribution in [0, 0.1) is 5.92 Å². The summed E-state index contributed by atoms with van der Waals surface area (Å²) in [4.78, 5) is 20.7. The first kappa shape index (κ1) is 15.0. The van der Waals surface area contributed by atoms with Crippen LogP contribution in [0.5, 0.6) is 0 Å². The first-order chi connectivity index (χ1) is 5.59. The summed E-state index contributed by atoms with van der Waals surface area (Å²) in [6.07, 6.45) is 2.75. The number of unbranched alkanes of at least 4 members (excludes halogenated alkanes) is 2. The fourth-order valence-electron chi connectivity index (χ4n) is 0.951. The van der Waals surface area contributed by atoms with Crippen molar-refractivity contribution < 1.29 is 40.1 Å². The van der Waals surface area contributed by atoms with E-state index in [0.29, 0.717) is 6.42 Å². The number of carbonyl (C=O) groups is 2. The van der Waals surface area contributed by atoms with Gasteiger partial charge < -0.3 is 11.6 Å². The number of hydrogen-bond acceptors (Lipinski definition) is 2. The maximum atomic E-state index is 10.4. The molecule has 0 bridgehead atoms. The molecular weight excluding hydrogens is 167 g/mol. The summed E-state index contributed by atoms with van der Waals surface area (Å²) in [7, 11) is 0. The molecule has 0 amide bonds. The van der Waals surface area contributed by atoms with Crippen LogP contribution in [0.4, 0.5) is 0 Å². The Kier molecular flexibility index (Phi) is 9.42. The first-order valence-electron chi connectivity index (χ1n) is 4.05. The topological polar surface area (TPSA) is 74.6 Å². The van der Waals surface area contributed by atoms with Crippen LogP contribution in [0.1, 0.15) is 34.0 Å². The van der Waals surface area contributed by atoms with E-state index < -0.39 is 17.9 Å². The first-order valence-corrected chi connectivity index (χ1v) is 4.05. The van der Waals surface area contributed by atoms with E-state index in [-0.39, 0.29) is 26.7 Å². The molecule has 5 heteroatoms. The van der Waals surface area contributed by atoms with Crippen LogP contribution in [-0.2, 0) is 9.59 Å². The Morgan fingerprint density at radius 1 is 1.23 bits per heavy atom. The van der Waals surface area contributed by atoms with Crippen molar-refractivity contribution in [3.8, 4) is 0 Å². The van der Waals surface area contributed by atoms with Crippen molar-refractivity contribution >= 4 is 11.9 Å². The van der Waals surface area contributed by atoms with Crippen LogP contribution >= 0.6 is 0 Å². The molecule has 0 rings (SSSR count). The Bertz CT molecular complexity index is 161. The van der Waals surface area contributed by atoms with E-state index in [4.69, 9.17) is 10.2 Å². The Hall–Kier alpha value is -0.463. The van der Waals surface area contributed by atoms with Crippen LogP contribution in [0.25, 0.3) is 0 Å². The van der Waals surface area contributed by atoms with Gasteiger partial charge in [0.1, 0.15) is 0 Å². The molecule has 0 heterocycles. The molecule has 0 aromatic heterocycles. The van der Waals surface area contributed by atoms with E-state index >= 15 is 0 Å².